The minimum absolute atomic E-state index is 0.213. The zero-order valence-corrected chi connectivity index (χ0v) is 36.1. The molecule has 0 radical (unpaired) electrons. The molecule has 1 spiro atoms. The van der Waals surface area contributed by atoms with E-state index in [1.807, 2.05) is 36.4 Å². The van der Waals surface area contributed by atoms with Gasteiger partial charge in [-0.15, -0.1) is 0 Å². The van der Waals surface area contributed by atoms with Gasteiger partial charge in [-0.2, -0.15) is 0 Å². The molecule has 0 unspecified atom stereocenters. The number of benzene rings is 9. The fraction of sp³-hybridized carbons (Fsp3) is 0.0656. The maximum Gasteiger partial charge on any atom is 0.164 e. The molecule has 0 N–H and O–H groups in total. The van der Waals surface area contributed by atoms with Gasteiger partial charge in [0.15, 0.2) is 17.5 Å². The number of para-hydroxylation sites is 2. The summed E-state index contributed by atoms with van der Waals surface area (Å²) in [6.45, 7) is 4.75. The lowest BCUT2D eigenvalue weighted by Crippen LogP contribution is -2.40. The van der Waals surface area contributed by atoms with E-state index >= 15 is 0 Å². The molecule has 0 aliphatic heterocycles. The Bertz CT molecular complexity index is 3530. The van der Waals surface area contributed by atoms with Gasteiger partial charge in [0.05, 0.1) is 16.4 Å². The molecule has 11 aromatic rings. The maximum absolute atomic E-state index is 5.34. The van der Waals surface area contributed by atoms with E-state index in [1.54, 1.807) is 0 Å². The van der Waals surface area contributed by atoms with E-state index < -0.39 is 5.41 Å². The quantitative estimate of drug-likeness (QED) is 0.174. The topological polar surface area (TPSA) is 43.6 Å². The first-order chi connectivity index (χ1) is 32.0. The van der Waals surface area contributed by atoms with Crippen LogP contribution in [0.2, 0.25) is 0 Å². The van der Waals surface area contributed by atoms with Crippen LogP contribution in [0, 0.1) is 0 Å². The van der Waals surface area contributed by atoms with E-state index in [0.717, 1.165) is 39.1 Å². The first-order valence-corrected chi connectivity index (χ1v) is 22.4. The van der Waals surface area contributed by atoms with Gasteiger partial charge in [0, 0.05) is 38.6 Å². The third kappa shape index (κ3) is 5.41. The van der Waals surface area contributed by atoms with Crippen molar-refractivity contribution in [3.8, 4) is 62.1 Å². The molecule has 0 fully saturated rings. The fourth-order valence-electron chi connectivity index (χ4n) is 11.3. The summed E-state index contributed by atoms with van der Waals surface area (Å²) in [6.07, 6.45) is 0. The van der Waals surface area contributed by atoms with Crippen LogP contribution in [0.5, 0.6) is 0 Å². The summed E-state index contributed by atoms with van der Waals surface area (Å²) < 4.78 is 2.40. The molecule has 0 amide bonds. The van der Waals surface area contributed by atoms with Gasteiger partial charge in [0.1, 0.15) is 0 Å². The van der Waals surface area contributed by atoms with Crippen LogP contribution in [-0.2, 0) is 10.8 Å². The summed E-state index contributed by atoms with van der Waals surface area (Å²) in [5.74, 6) is 1.94. The van der Waals surface area contributed by atoms with Crippen LogP contribution in [0.4, 0.5) is 0 Å². The lowest BCUT2D eigenvalue weighted by atomic mass is 9.55. The number of hydrogen-bond acceptors (Lipinski definition) is 3. The van der Waals surface area contributed by atoms with Crippen LogP contribution in [0.1, 0.15) is 47.2 Å². The van der Waals surface area contributed by atoms with Crippen molar-refractivity contribution in [3.05, 3.63) is 252 Å². The second-order valence-electron chi connectivity index (χ2n) is 17.9. The molecule has 0 saturated heterocycles. The lowest BCUT2D eigenvalue weighted by molar-refractivity contribution is 0.563. The SMILES string of the molecule is CC1(C)c2ccccc2C2(c3ccc(-c4cccc(-n5c6ccccc6c6ccccc65)c4)cc3-c3c(-c4nc(-c5ccccc5)nc(-c5ccccc5)n4)cccc32)c2ccccc21. The smallest absolute Gasteiger partial charge is 0.164 e. The number of fused-ring (bicyclic) bond motifs is 12. The highest BCUT2D eigenvalue weighted by atomic mass is 15.0. The minimum atomic E-state index is -0.593. The van der Waals surface area contributed by atoms with Crippen molar-refractivity contribution in [3.63, 3.8) is 0 Å². The van der Waals surface area contributed by atoms with Crippen molar-refractivity contribution in [1.29, 1.82) is 0 Å². The third-order valence-electron chi connectivity index (χ3n) is 14.1. The third-order valence-corrected chi connectivity index (χ3v) is 14.1. The van der Waals surface area contributed by atoms with E-state index in [0.29, 0.717) is 17.5 Å². The average Bonchev–Trinajstić information content (AvgIpc) is 3.87. The van der Waals surface area contributed by atoms with Crippen LogP contribution in [0.3, 0.4) is 0 Å². The van der Waals surface area contributed by atoms with Crippen LogP contribution in [0.25, 0.3) is 83.9 Å². The molecule has 2 aromatic heterocycles. The highest BCUT2D eigenvalue weighted by Crippen LogP contribution is 2.63. The van der Waals surface area contributed by atoms with Gasteiger partial charge in [0.2, 0.25) is 0 Å². The van der Waals surface area contributed by atoms with E-state index in [4.69, 9.17) is 15.0 Å². The fourth-order valence-corrected chi connectivity index (χ4v) is 11.3. The summed E-state index contributed by atoms with van der Waals surface area (Å²) in [5, 5.41) is 2.50. The normalized spacial score (nSPS) is 13.9. The van der Waals surface area contributed by atoms with Crippen LogP contribution in [-0.4, -0.2) is 19.5 Å². The highest BCUT2D eigenvalue weighted by Gasteiger charge is 2.54. The Kier molecular flexibility index (Phi) is 8.13. The standard InChI is InChI=1S/C61H42N4/c1-60(2)49-28-11-13-30-51(49)61(52-31-14-12-29-50(52)60)48-36-35-42(41-23-17-24-43(37-41)65-54-33-15-9-25-44(54)45-26-10-16-34-55(45)65)38-47(48)56-46(27-18-32-53(56)61)59-63-57(39-19-5-3-6-20-39)62-58(64-59)40-21-7-4-8-22-40/h3-38H,1-2H3. The number of aromatic nitrogens is 4. The largest absolute Gasteiger partial charge is 0.309 e. The van der Waals surface area contributed by atoms with Crippen molar-refractivity contribution < 1.29 is 0 Å². The van der Waals surface area contributed by atoms with Crippen LogP contribution >= 0.6 is 0 Å². The van der Waals surface area contributed by atoms with E-state index in [2.05, 4.69) is 200 Å². The van der Waals surface area contributed by atoms with Gasteiger partial charge >= 0.3 is 0 Å². The molecule has 0 bridgehead atoms. The Balaban J connectivity index is 1.09. The molecule has 0 atom stereocenters. The molecule has 9 aromatic carbocycles. The van der Waals surface area contributed by atoms with Gasteiger partial charge in [-0.3, -0.25) is 0 Å². The molecule has 0 saturated carbocycles. The molecule has 2 heterocycles. The van der Waals surface area contributed by atoms with Crippen LogP contribution < -0.4 is 0 Å². The molecule has 2 aliphatic carbocycles. The molecule has 306 valence electrons. The van der Waals surface area contributed by atoms with E-state index in [9.17, 15) is 0 Å². The first kappa shape index (κ1) is 37.4. The molecular weight excluding hydrogens is 789 g/mol. The van der Waals surface area contributed by atoms with Crippen LogP contribution in [0.15, 0.2) is 218 Å². The molecule has 2 aliphatic rings. The Morgan fingerprint density at radius 3 is 1.43 bits per heavy atom. The predicted octanol–water partition coefficient (Wildman–Crippen LogP) is 14.6. The maximum atomic E-state index is 5.34. The Hall–Kier alpha value is -8.21. The minimum Gasteiger partial charge on any atom is -0.309 e. The van der Waals surface area contributed by atoms with Gasteiger partial charge in [0.25, 0.3) is 0 Å². The first-order valence-electron chi connectivity index (χ1n) is 22.4. The Morgan fingerprint density at radius 2 is 0.815 bits per heavy atom. The van der Waals surface area contributed by atoms with Crippen molar-refractivity contribution in [2.75, 3.05) is 0 Å². The summed E-state index contributed by atoms with van der Waals surface area (Å²) >= 11 is 0. The number of rotatable bonds is 5. The highest BCUT2D eigenvalue weighted by molar-refractivity contribution is 6.09. The summed E-state index contributed by atoms with van der Waals surface area (Å²) in [5.41, 5.74) is 18.0. The summed E-state index contributed by atoms with van der Waals surface area (Å²) in [7, 11) is 0. The number of nitrogens with zero attached hydrogens (tertiary/aromatic N) is 4. The van der Waals surface area contributed by atoms with Gasteiger partial charge in [-0.1, -0.05) is 202 Å². The molecule has 4 heteroatoms. The number of hydrogen-bond donors (Lipinski definition) is 0. The van der Waals surface area contributed by atoms with Crippen molar-refractivity contribution in [2.45, 2.75) is 24.7 Å². The monoisotopic (exact) mass is 830 g/mol. The Morgan fingerprint density at radius 1 is 0.338 bits per heavy atom. The average molecular weight is 831 g/mol. The second kappa shape index (κ2) is 14.2. The Labute approximate surface area is 378 Å². The van der Waals surface area contributed by atoms with E-state index in [1.165, 1.54) is 60.8 Å². The zero-order valence-electron chi connectivity index (χ0n) is 36.1. The zero-order chi connectivity index (χ0) is 43.3. The van der Waals surface area contributed by atoms with Crippen molar-refractivity contribution >= 4 is 21.8 Å². The van der Waals surface area contributed by atoms with E-state index in [-0.39, 0.29) is 5.41 Å². The second-order valence-corrected chi connectivity index (χ2v) is 17.9. The summed E-state index contributed by atoms with van der Waals surface area (Å²) in [4.78, 5) is 15.8. The molecule has 4 nitrogen and oxygen atoms in total. The molecular formula is C61H42N4. The van der Waals surface area contributed by atoms with Gasteiger partial charge in [-0.25, -0.2) is 15.0 Å². The van der Waals surface area contributed by atoms with Crippen molar-refractivity contribution in [2.24, 2.45) is 0 Å². The predicted molar refractivity (Wildman–Crippen MR) is 265 cm³/mol. The molecule has 13 rings (SSSR count). The molecule has 65 heavy (non-hydrogen) atoms. The van der Waals surface area contributed by atoms with Crippen molar-refractivity contribution in [1.82, 2.24) is 19.5 Å². The lowest BCUT2D eigenvalue weighted by Gasteiger charge is -2.46. The van der Waals surface area contributed by atoms with Gasteiger partial charge < -0.3 is 4.57 Å². The van der Waals surface area contributed by atoms with Gasteiger partial charge in [-0.05, 0) is 86.0 Å². The summed E-state index contributed by atoms with van der Waals surface area (Å²) in [6, 6.07) is 79.1.